The van der Waals surface area contributed by atoms with E-state index in [2.05, 4.69) is 0 Å². The second-order valence-electron chi connectivity index (χ2n) is 3.82. The first-order chi connectivity index (χ1) is 8.60. The highest BCUT2D eigenvalue weighted by atomic mass is 16.5. The zero-order valence-electron chi connectivity index (χ0n) is 11.5. The zero-order chi connectivity index (χ0) is 13.7. The summed E-state index contributed by atoms with van der Waals surface area (Å²) in [5.41, 5.74) is 1.46. The van der Waals surface area contributed by atoms with Gasteiger partial charge in [-0.15, -0.1) is 0 Å². The molecule has 0 amide bonds. The number of aliphatic hydroxyl groups is 1. The highest BCUT2D eigenvalue weighted by molar-refractivity contribution is 5.70. The number of ether oxygens (including phenoxy) is 3. The maximum atomic E-state index is 9.92. The van der Waals surface area contributed by atoms with Crippen molar-refractivity contribution in [3.8, 4) is 17.2 Å². The van der Waals surface area contributed by atoms with Crippen molar-refractivity contribution in [1.82, 2.24) is 0 Å². The highest BCUT2D eigenvalue weighted by Gasteiger charge is 2.21. The van der Waals surface area contributed by atoms with E-state index in [4.69, 9.17) is 14.2 Å². The first-order valence-electron chi connectivity index (χ1n) is 5.74. The third kappa shape index (κ3) is 2.59. The molecule has 0 saturated heterocycles. The molecule has 0 aliphatic carbocycles. The van der Waals surface area contributed by atoms with Crippen molar-refractivity contribution < 1.29 is 19.3 Å². The maximum Gasteiger partial charge on any atom is 0.168 e. The van der Waals surface area contributed by atoms with Crippen molar-refractivity contribution in [2.24, 2.45) is 0 Å². The fraction of sp³-hybridized carbons (Fsp3) is 0.429. The highest BCUT2D eigenvalue weighted by Crippen LogP contribution is 2.42. The van der Waals surface area contributed by atoms with E-state index in [9.17, 15) is 5.11 Å². The molecule has 0 bridgehead atoms. The molecular weight excluding hydrogens is 232 g/mol. The number of hydrogen-bond acceptors (Lipinski definition) is 4. The standard InChI is InChI=1S/C14H20O4/c1-6-7-10-13(9(2)15)11(16-3)8-12(17-4)14(10)18-5/h6-9,15H,1-5H3/b7-6+. The van der Waals surface area contributed by atoms with Crippen LogP contribution in [0.15, 0.2) is 12.1 Å². The van der Waals surface area contributed by atoms with Crippen molar-refractivity contribution in [1.29, 1.82) is 0 Å². The lowest BCUT2D eigenvalue weighted by atomic mass is 9.99. The molecule has 18 heavy (non-hydrogen) atoms. The first-order valence-corrected chi connectivity index (χ1v) is 5.74. The molecule has 1 atom stereocenters. The summed E-state index contributed by atoms with van der Waals surface area (Å²) in [4.78, 5) is 0. The van der Waals surface area contributed by atoms with Gasteiger partial charge in [-0.25, -0.2) is 0 Å². The van der Waals surface area contributed by atoms with Crippen LogP contribution in [0, 0.1) is 0 Å². The molecule has 4 nitrogen and oxygen atoms in total. The van der Waals surface area contributed by atoms with Crippen LogP contribution in [0.1, 0.15) is 31.1 Å². The van der Waals surface area contributed by atoms with Crippen LogP contribution in [0.4, 0.5) is 0 Å². The largest absolute Gasteiger partial charge is 0.496 e. The lowest BCUT2D eigenvalue weighted by Crippen LogP contribution is -2.04. The van der Waals surface area contributed by atoms with Crippen LogP contribution in [0.3, 0.4) is 0 Å². The molecule has 0 heterocycles. The molecule has 0 aliphatic heterocycles. The van der Waals surface area contributed by atoms with Gasteiger partial charge in [-0.05, 0) is 13.8 Å². The monoisotopic (exact) mass is 252 g/mol. The third-order valence-electron chi connectivity index (χ3n) is 2.68. The van der Waals surface area contributed by atoms with E-state index < -0.39 is 6.10 Å². The van der Waals surface area contributed by atoms with Crippen LogP contribution in [-0.4, -0.2) is 26.4 Å². The fourth-order valence-corrected chi connectivity index (χ4v) is 1.94. The average molecular weight is 252 g/mol. The molecule has 1 aromatic rings. The fourth-order valence-electron chi connectivity index (χ4n) is 1.94. The summed E-state index contributed by atoms with van der Waals surface area (Å²) >= 11 is 0. The summed E-state index contributed by atoms with van der Waals surface area (Å²) in [5, 5.41) is 9.92. The maximum absolute atomic E-state index is 9.92. The van der Waals surface area contributed by atoms with Gasteiger partial charge in [0.25, 0.3) is 0 Å². The Morgan fingerprint density at radius 1 is 1.11 bits per heavy atom. The van der Waals surface area contributed by atoms with E-state index in [-0.39, 0.29) is 0 Å². The van der Waals surface area contributed by atoms with Gasteiger partial charge in [0.05, 0.1) is 27.4 Å². The normalized spacial score (nSPS) is 12.6. The summed E-state index contributed by atoms with van der Waals surface area (Å²) in [5.74, 6) is 1.75. The van der Waals surface area contributed by atoms with E-state index >= 15 is 0 Å². The van der Waals surface area contributed by atoms with Crippen LogP contribution in [-0.2, 0) is 0 Å². The summed E-state index contributed by atoms with van der Waals surface area (Å²) in [6.07, 6.45) is 3.08. The molecule has 1 unspecified atom stereocenters. The van der Waals surface area contributed by atoms with Gasteiger partial charge in [0, 0.05) is 17.2 Å². The number of methoxy groups -OCH3 is 3. The van der Waals surface area contributed by atoms with Crippen LogP contribution >= 0.6 is 0 Å². The van der Waals surface area contributed by atoms with Crippen molar-refractivity contribution in [2.45, 2.75) is 20.0 Å². The quantitative estimate of drug-likeness (QED) is 0.875. The van der Waals surface area contributed by atoms with E-state index in [0.717, 1.165) is 5.56 Å². The summed E-state index contributed by atoms with van der Waals surface area (Å²) in [6, 6.07) is 1.72. The summed E-state index contributed by atoms with van der Waals surface area (Å²) in [7, 11) is 4.70. The van der Waals surface area contributed by atoms with E-state index in [1.165, 1.54) is 0 Å². The first kappa shape index (κ1) is 14.4. The Kier molecular flexibility index (Phi) is 5.04. The molecule has 4 heteroatoms. The molecule has 0 saturated carbocycles. The van der Waals surface area contributed by atoms with E-state index in [1.807, 2.05) is 19.1 Å². The van der Waals surface area contributed by atoms with Crippen LogP contribution in [0.2, 0.25) is 0 Å². The number of rotatable bonds is 5. The molecule has 1 N–H and O–H groups in total. The SMILES string of the molecule is C/C=C/c1c(OC)c(OC)cc(OC)c1C(C)O. The van der Waals surface area contributed by atoms with Crippen LogP contribution < -0.4 is 14.2 Å². The molecule has 1 aromatic carbocycles. The minimum absolute atomic E-state index is 0.576. The second-order valence-corrected chi connectivity index (χ2v) is 3.82. The second kappa shape index (κ2) is 6.31. The number of benzene rings is 1. The molecule has 0 aromatic heterocycles. The Morgan fingerprint density at radius 2 is 1.72 bits per heavy atom. The number of hydrogen-bond donors (Lipinski definition) is 1. The van der Waals surface area contributed by atoms with Gasteiger partial charge in [0.2, 0.25) is 0 Å². The smallest absolute Gasteiger partial charge is 0.168 e. The Bertz CT molecular complexity index is 436. The minimum atomic E-state index is -0.661. The van der Waals surface area contributed by atoms with Crippen molar-refractivity contribution >= 4 is 6.08 Å². The van der Waals surface area contributed by atoms with Crippen LogP contribution in [0.5, 0.6) is 17.2 Å². The topological polar surface area (TPSA) is 47.9 Å². The van der Waals surface area contributed by atoms with Crippen LogP contribution in [0.25, 0.3) is 6.08 Å². The number of allylic oxidation sites excluding steroid dienone is 1. The van der Waals surface area contributed by atoms with Gasteiger partial charge < -0.3 is 19.3 Å². The Balaban J connectivity index is 3.65. The zero-order valence-corrected chi connectivity index (χ0v) is 11.5. The van der Waals surface area contributed by atoms with E-state index in [1.54, 1.807) is 34.3 Å². The summed E-state index contributed by atoms with van der Waals surface area (Å²) in [6.45, 7) is 3.59. The Labute approximate surface area is 108 Å². The third-order valence-corrected chi connectivity index (χ3v) is 2.68. The van der Waals surface area contributed by atoms with Gasteiger partial charge in [-0.1, -0.05) is 12.2 Å². The molecule has 0 radical (unpaired) electrons. The molecule has 0 fully saturated rings. The average Bonchev–Trinajstić information content (AvgIpc) is 2.37. The van der Waals surface area contributed by atoms with Gasteiger partial charge >= 0.3 is 0 Å². The van der Waals surface area contributed by atoms with Gasteiger partial charge in [0.1, 0.15) is 5.75 Å². The minimum Gasteiger partial charge on any atom is -0.496 e. The molecule has 100 valence electrons. The lowest BCUT2D eigenvalue weighted by molar-refractivity contribution is 0.193. The van der Waals surface area contributed by atoms with Gasteiger partial charge in [-0.3, -0.25) is 0 Å². The molecule has 1 rings (SSSR count). The van der Waals surface area contributed by atoms with Crippen molar-refractivity contribution in [3.63, 3.8) is 0 Å². The van der Waals surface area contributed by atoms with Gasteiger partial charge in [-0.2, -0.15) is 0 Å². The summed E-state index contributed by atoms with van der Waals surface area (Å²) < 4.78 is 16.0. The Hall–Kier alpha value is -1.68. The molecular formula is C14H20O4. The predicted octanol–water partition coefficient (Wildman–Crippen LogP) is 2.80. The predicted molar refractivity (Wildman–Crippen MR) is 71.4 cm³/mol. The van der Waals surface area contributed by atoms with Crippen molar-refractivity contribution in [2.75, 3.05) is 21.3 Å². The van der Waals surface area contributed by atoms with Crippen molar-refractivity contribution in [3.05, 3.63) is 23.3 Å². The van der Waals surface area contributed by atoms with E-state index in [0.29, 0.717) is 22.8 Å². The lowest BCUT2D eigenvalue weighted by Gasteiger charge is -2.19. The number of aliphatic hydroxyl groups excluding tert-OH is 1. The molecule has 0 spiro atoms. The Morgan fingerprint density at radius 3 is 2.11 bits per heavy atom. The molecule has 0 aliphatic rings. The van der Waals surface area contributed by atoms with Gasteiger partial charge in [0.15, 0.2) is 11.5 Å².